The lowest BCUT2D eigenvalue weighted by atomic mass is 10.2. The Morgan fingerprint density at radius 1 is 1.04 bits per heavy atom. The Morgan fingerprint density at radius 3 is 2.38 bits per heavy atom. The zero-order chi connectivity index (χ0) is 17.5. The molecule has 0 spiro atoms. The molecule has 2 rings (SSSR count). The summed E-state index contributed by atoms with van der Waals surface area (Å²) in [5.74, 6) is -0.677. The minimum atomic E-state index is -0.432. The molecule has 0 fully saturated rings. The molecule has 0 saturated heterocycles. The molecule has 0 radical (unpaired) electrons. The summed E-state index contributed by atoms with van der Waals surface area (Å²) in [6, 6.07) is 13.4. The summed E-state index contributed by atoms with van der Waals surface area (Å²) in [6.45, 7) is 1.65. The second-order valence-electron chi connectivity index (χ2n) is 5.00. The molecule has 124 valence electrons. The van der Waals surface area contributed by atoms with Gasteiger partial charge in [-0.1, -0.05) is 35.3 Å². The summed E-state index contributed by atoms with van der Waals surface area (Å²) in [4.78, 5) is 23.9. The quantitative estimate of drug-likeness (QED) is 0.619. The summed E-state index contributed by atoms with van der Waals surface area (Å²) in [7, 11) is 0. The highest BCUT2D eigenvalue weighted by atomic mass is 35.5. The van der Waals surface area contributed by atoms with Crippen LogP contribution in [0.4, 0.5) is 5.69 Å². The second kappa shape index (κ2) is 8.47. The molecule has 0 unspecified atom stereocenters. The van der Waals surface area contributed by atoms with Crippen LogP contribution < -0.4 is 10.7 Å². The van der Waals surface area contributed by atoms with Crippen molar-refractivity contribution < 1.29 is 9.59 Å². The number of nitrogens with zero attached hydrogens (tertiary/aromatic N) is 1. The van der Waals surface area contributed by atoms with E-state index in [2.05, 4.69) is 15.8 Å². The van der Waals surface area contributed by atoms with E-state index < -0.39 is 5.91 Å². The Kier molecular flexibility index (Phi) is 6.35. The van der Waals surface area contributed by atoms with Gasteiger partial charge in [0.25, 0.3) is 5.91 Å². The van der Waals surface area contributed by atoms with Gasteiger partial charge < -0.3 is 5.32 Å². The number of anilines is 1. The number of benzene rings is 2. The number of halogens is 2. The molecule has 7 heteroatoms. The van der Waals surface area contributed by atoms with Crippen LogP contribution in [0, 0.1) is 0 Å². The largest absolute Gasteiger partial charge is 0.326 e. The lowest BCUT2D eigenvalue weighted by molar-refractivity contribution is -0.115. The van der Waals surface area contributed by atoms with Crippen LogP contribution in [0.1, 0.15) is 23.7 Å². The first kappa shape index (κ1) is 18.0. The van der Waals surface area contributed by atoms with E-state index in [1.165, 1.54) is 0 Å². The van der Waals surface area contributed by atoms with Gasteiger partial charge in [0.05, 0.1) is 17.0 Å². The van der Waals surface area contributed by atoms with E-state index in [4.69, 9.17) is 23.2 Å². The number of amides is 2. The summed E-state index contributed by atoms with van der Waals surface area (Å²) < 4.78 is 0. The molecule has 0 aliphatic heterocycles. The first-order chi connectivity index (χ1) is 11.5. The van der Waals surface area contributed by atoms with Crippen LogP contribution in [0.2, 0.25) is 10.0 Å². The van der Waals surface area contributed by atoms with E-state index in [1.807, 2.05) is 0 Å². The van der Waals surface area contributed by atoms with E-state index in [1.54, 1.807) is 55.5 Å². The molecule has 0 aliphatic carbocycles. The van der Waals surface area contributed by atoms with Crippen LogP contribution >= 0.6 is 23.2 Å². The highest BCUT2D eigenvalue weighted by molar-refractivity contribution is 6.33. The number of rotatable bonds is 5. The van der Waals surface area contributed by atoms with E-state index in [-0.39, 0.29) is 12.3 Å². The average Bonchev–Trinajstić information content (AvgIpc) is 2.55. The topological polar surface area (TPSA) is 70.6 Å². The molecule has 0 heterocycles. The molecule has 0 aromatic heterocycles. The SMILES string of the molecule is C/C(CC(=O)Nc1ccc(Cl)cc1)=N/NC(=O)c1ccccc1Cl. The highest BCUT2D eigenvalue weighted by Gasteiger charge is 2.09. The molecule has 0 aliphatic rings. The van der Waals surface area contributed by atoms with Crippen LogP contribution in [0.5, 0.6) is 0 Å². The average molecular weight is 364 g/mol. The lowest BCUT2D eigenvalue weighted by Crippen LogP contribution is -2.21. The van der Waals surface area contributed by atoms with Gasteiger partial charge in [0.15, 0.2) is 0 Å². The third kappa shape index (κ3) is 5.37. The van der Waals surface area contributed by atoms with E-state index >= 15 is 0 Å². The second-order valence-corrected chi connectivity index (χ2v) is 5.84. The van der Waals surface area contributed by atoms with Gasteiger partial charge >= 0.3 is 0 Å². The fourth-order valence-corrected chi connectivity index (χ4v) is 2.21. The van der Waals surface area contributed by atoms with Gasteiger partial charge in [-0.3, -0.25) is 9.59 Å². The maximum Gasteiger partial charge on any atom is 0.272 e. The van der Waals surface area contributed by atoms with Crippen molar-refractivity contribution >= 4 is 46.4 Å². The molecule has 0 atom stereocenters. The van der Waals surface area contributed by atoms with Gasteiger partial charge in [-0.25, -0.2) is 5.43 Å². The van der Waals surface area contributed by atoms with Crippen molar-refractivity contribution in [3.63, 3.8) is 0 Å². The predicted molar refractivity (Wildman–Crippen MR) is 96.7 cm³/mol. The normalized spacial score (nSPS) is 11.0. The molecule has 0 saturated carbocycles. The molecule has 2 amide bonds. The van der Waals surface area contributed by atoms with Crippen molar-refractivity contribution in [1.29, 1.82) is 0 Å². The van der Waals surface area contributed by atoms with Gasteiger partial charge in [0.1, 0.15) is 0 Å². The predicted octanol–water partition coefficient (Wildman–Crippen LogP) is 4.13. The molecule has 2 aromatic carbocycles. The van der Waals surface area contributed by atoms with Crippen LogP contribution in [0.25, 0.3) is 0 Å². The number of hydrazone groups is 1. The van der Waals surface area contributed by atoms with Gasteiger partial charge in [-0.2, -0.15) is 5.10 Å². The Bertz CT molecular complexity index is 774. The van der Waals surface area contributed by atoms with Crippen LogP contribution in [-0.2, 0) is 4.79 Å². The van der Waals surface area contributed by atoms with Gasteiger partial charge in [-0.05, 0) is 43.3 Å². The number of nitrogens with one attached hydrogen (secondary N) is 2. The van der Waals surface area contributed by atoms with Crippen LogP contribution in [-0.4, -0.2) is 17.5 Å². The van der Waals surface area contributed by atoms with E-state index in [0.29, 0.717) is 27.0 Å². The molecular weight excluding hydrogens is 349 g/mol. The maximum absolute atomic E-state index is 12.0. The summed E-state index contributed by atoms with van der Waals surface area (Å²) in [6.07, 6.45) is 0.0471. The maximum atomic E-state index is 12.0. The smallest absolute Gasteiger partial charge is 0.272 e. The van der Waals surface area contributed by atoms with Crippen molar-refractivity contribution in [2.75, 3.05) is 5.32 Å². The molecular formula is C17H15Cl2N3O2. The molecule has 2 aromatic rings. The number of carbonyl (C=O) groups excluding carboxylic acids is 2. The first-order valence-electron chi connectivity index (χ1n) is 7.09. The number of hydrogen-bond acceptors (Lipinski definition) is 3. The molecule has 2 N–H and O–H groups in total. The summed E-state index contributed by atoms with van der Waals surface area (Å²) in [5.41, 5.74) is 3.80. The monoisotopic (exact) mass is 363 g/mol. The summed E-state index contributed by atoms with van der Waals surface area (Å²) >= 11 is 11.7. The standard InChI is InChI=1S/C17H15Cl2N3O2/c1-11(10-16(23)20-13-8-6-12(18)7-9-13)21-22-17(24)14-4-2-3-5-15(14)19/h2-9H,10H2,1H3,(H,20,23)(H,22,24)/b21-11-. The van der Waals surface area contributed by atoms with Crippen molar-refractivity contribution in [3.05, 3.63) is 64.1 Å². The Labute approximate surface area is 149 Å². The molecule has 5 nitrogen and oxygen atoms in total. The Hall–Kier alpha value is -2.37. The van der Waals surface area contributed by atoms with Crippen molar-refractivity contribution in [3.8, 4) is 0 Å². The number of hydrogen-bond donors (Lipinski definition) is 2. The fraction of sp³-hybridized carbons (Fsp3) is 0.118. The molecule has 24 heavy (non-hydrogen) atoms. The third-order valence-electron chi connectivity index (χ3n) is 3.01. The zero-order valence-electron chi connectivity index (χ0n) is 12.8. The van der Waals surface area contributed by atoms with Gasteiger partial charge in [0, 0.05) is 16.4 Å². The van der Waals surface area contributed by atoms with Gasteiger partial charge in [0.2, 0.25) is 5.91 Å². The van der Waals surface area contributed by atoms with E-state index in [0.717, 1.165) is 0 Å². The molecule has 0 bridgehead atoms. The number of carbonyl (C=O) groups is 2. The minimum Gasteiger partial charge on any atom is -0.326 e. The highest BCUT2D eigenvalue weighted by Crippen LogP contribution is 2.15. The van der Waals surface area contributed by atoms with Crippen molar-refractivity contribution in [1.82, 2.24) is 5.43 Å². The Morgan fingerprint density at radius 2 is 1.71 bits per heavy atom. The first-order valence-corrected chi connectivity index (χ1v) is 7.85. The van der Waals surface area contributed by atoms with Crippen LogP contribution in [0.15, 0.2) is 53.6 Å². The minimum absolute atomic E-state index is 0.0471. The Balaban J connectivity index is 1.89. The van der Waals surface area contributed by atoms with Crippen molar-refractivity contribution in [2.45, 2.75) is 13.3 Å². The van der Waals surface area contributed by atoms with Gasteiger partial charge in [-0.15, -0.1) is 0 Å². The third-order valence-corrected chi connectivity index (χ3v) is 3.59. The summed E-state index contributed by atoms with van der Waals surface area (Å²) in [5, 5.41) is 7.56. The zero-order valence-corrected chi connectivity index (χ0v) is 14.4. The van der Waals surface area contributed by atoms with Crippen molar-refractivity contribution in [2.24, 2.45) is 5.10 Å². The lowest BCUT2D eigenvalue weighted by Gasteiger charge is -2.06. The van der Waals surface area contributed by atoms with Crippen LogP contribution in [0.3, 0.4) is 0 Å². The fourth-order valence-electron chi connectivity index (χ4n) is 1.86. The van der Waals surface area contributed by atoms with E-state index in [9.17, 15) is 9.59 Å².